The number of thiazole rings is 1. The summed E-state index contributed by atoms with van der Waals surface area (Å²) >= 11 is 1.71. The maximum Gasteiger partial charge on any atom is 0.183 e. The van der Waals surface area contributed by atoms with Gasteiger partial charge in [-0.05, 0) is 18.1 Å². The lowest BCUT2D eigenvalue weighted by Crippen LogP contribution is -1.98. The molecule has 0 radical (unpaired) electrons. The van der Waals surface area contributed by atoms with Crippen LogP contribution in [-0.4, -0.2) is 14.4 Å². The van der Waals surface area contributed by atoms with Crippen LogP contribution in [0.15, 0.2) is 36.8 Å². The molecule has 0 fully saturated rings. The maximum atomic E-state index is 4.55. The molecule has 0 atom stereocenters. The van der Waals surface area contributed by atoms with Crippen molar-refractivity contribution in [2.75, 3.05) is 5.32 Å². The van der Waals surface area contributed by atoms with Gasteiger partial charge in [0.2, 0.25) is 0 Å². The number of hydrogen-bond acceptors (Lipinski definition) is 4. The highest BCUT2D eigenvalue weighted by molar-refractivity contribution is 7.15. The van der Waals surface area contributed by atoms with Crippen LogP contribution in [0.2, 0.25) is 0 Å². The molecule has 0 aliphatic rings. The van der Waals surface area contributed by atoms with Gasteiger partial charge >= 0.3 is 0 Å². The summed E-state index contributed by atoms with van der Waals surface area (Å²) in [5.74, 6) is 0.531. The number of pyridine rings is 1. The minimum Gasteiger partial charge on any atom is -0.356 e. The van der Waals surface area contributed by atoms with Crippen molar-refractivity contribution >= 4 is 22.1 Å². The van der Waals surface area contributed by atoms with Crippen molar-refractivity contribution in [2.45, 2.75) is 26.3 Å². The Kier molecular flexibility index (Phi) is 3.21. The second-order valence-electron chi connectivity index (χ2n) is 4.77. The standard InChI is InChI=1S/C14H16N4S/c1-10(2)12-8-16-14(19-12)15-7-11-9-18-6-4-3-5-13(18)17-11/h3-6,8-10H,7H2,1-2H3,(H,15,16). The molecule has 3 rings (SSSR count). The van der Waals surface area contributed by atoms with Crippen LogP contribution in [0, 0.1) is 0 Å². The van der Waals surface area contributed by atoms with Gasteiger partial charge in [0.15, 0.2) is 5.13 Å². The van der Waals surface area contributed by atoms with E-state index in [2.05, 4.69) is 29.1 Å². The van der Waals surface area contributed by atoms with E-state index in [9.17, 15) is 0 Å². The first-order valence-corrected chi connectivity index (χ1v) is 7.16. The van der Waals surface area contributed by atoms with Gasteiger partial charge < -0.3 is 9.72 Å². The van der Waals surface area contributed by atoms with Gasteiger partial charge in [0.1, 0.15) is 5.65 Å². The Morgan fingerprint density at radius 1 is 1.37 bits per heavy atom. The van der Waals surface area contributed by atoms with Gasteiger partial charge in [-0.2, -0.15) is 0 Å². The van der Waals surface area contributed by atoms with Crippen LogP contribution in [0.4, 0.5) is 5.13 Å². The molecule has 0 spiro atoms. The second kappa shape index (κ2) is 5.01. The molecule has 0 aliphatic carbocycles. The lowest BCUT2D eigenvalue weighted by atomic mass is 10.2. The number of hydrogen-bond donors (Lipinski definition) is 1. The van der Waals surface area contributed by atoms with Crippen LogP contribution in [0.1, 0.15) is 30.3 Å². The third-order valence-corrected chi connectivity index (χ3v) is 4.18. The Bertz CT molecular complexity index is 650. The number of nitrogens with one attached hydrogen (secondary N) is 1. The second-order valence-corrected chi connectivity index (χ2v) is 5.84. The number of rotatable bonds is 4. The van der Waals surface area contributed by atoms with Gasteiger partial charge in [0.25, 0.3) is 0 Å². The van der Waals surface area contributed by atoms with Crippen molar-refractivity contribution in [3.05, 3.63) is 47.4 Å². The minimum atomic E-state index is 0.531. The molecule has 0 amide bonds. The van der Waals surface area contributed by atoms with E-state index in [1.54, 1.807) is 11.3 Å². The molecule has 98 valence electrons. The molecule has 0 bridgehead atoms. The highest BCUT2D eigenvalue weighted by atomic mass is 32.1. The summed E-state index contributed by atoms with van der Waals surface area (Å²) in [6, 6.07) is 6.00. The number of fused-ring (bicyclic) bond motifs is 1. The Morgan fingerprint density at radius 3 is 3.00 bits per heavy atom. The van der Waals surface area contributed by atoms with Crippen molar-refractivity contribution in [1.29, 1.82) is 0 Å². The highest BCUT2D eigenvalue weighted by Gasteiger charge is 2.06. The fourth-order valence-electron chi connectivity index (χ4n) is 1.87. The summed E-state index contributed by atoms with van der Waals surface area (Å²) < 4.78 is 2.03. The monoisotopic (exact) mass is 272 g/mol. The van der Waals surface area contributed by atoms with Crippen LogP contribution in [0.5, 0.6) is 0 Å². The van der Waals surface area contributed by atoms with E-state index in [0.29, 0.717) is 12.5 Å². The zero-order valence-corrected chi connectivity index (χ0v) is 11.8. The lowest BCUT2D eigenvalue weighted by molar-refractivity contribution is 0.885. The fourth-order valence-corrected chi connectivity index (χ4v) is 2.69. The minimum absolute atomic E-state index is 0.531. The van der Waals surface area contributed by atoms with E-state index in [-0.39, 0.29) is 0 Å². The summed E-state index contributed by atoms with van der Waals surface area (Å²) in [7, 11) is 0. The summed E-state index contributed by atoms with van der Waals surface area (Å²) in [5.41, 5.74) is 1.99. The van der Waals surface area contributed by atoms with Crippen LogP contribution >= 0.6 is 11.3 Å². The van der Waals surface area contributed by atoms with Crippen LogP contribution in [-0.2, 0) is 6.54 Å². The molecule has 3 aromatic rings. The van der Waals surface area contributed by atoms with Gasteiger partial charge in [0.05, 0.1) is 12.2 Å². The van der Waals surface area contributed by atoms with E-state index in [4.69, 9.17) is 0 Å². The number of imidazole rings is 1. The van der Waals surface area contributed by atoms with Crippen LogP contribution in [0.25, 0.3) is 5.65 Å². The SMILES string of the molecule is CC(C)c1cnc(NCc2cn3ccccc3n2)s1. The molecule has 1 N–H and O–H groups in total. The topological polar surface area (TPSA) is 42.2 Å². The zero-order chi connectivity index (χ0) is 13.2. The van der Waals surface area contributed by atoms with Gasteiger partial charge in [0, 0.05) is 23.5 Å². The van der Waals surface area contributed by atoms with Crippen molar-refractivity contribution in [3.8, 4) is 0 Å². The third-order valence-electron chi connectivity index (χ3n) is 2.93. The predicted molar refractivity (Wildman–Crippen MR) is 78.7 cm³/mol. The molecule has 0 saturated heterocycles. The first kappa shape index (κ1) is 12.2. The Hall–Kier alpha value is -1.88. The predicted octanol–water partition coefficient (Wildman–Crippen LogP) is 3.53. The molecule has 0 unspecified atom stereocenters. The number of aromatic nitrogens is 3. The van der Waals surface area contributed by atoms with E-state index in [1.165, 1.54) is 4.88 Å². The van der Waals surface area contributed by atoms with Crippen molar-refractivity contribution in [1.82, 2.24) is 14.4 Å². The smallest absolute Gasteiger partial charge is 0.183 e. The van der Waals surface area contributed by atoms with Crippen molar-refractivity contribution < 1.29 is 0 Å². The molecule has 0 aromatic carbocycles. The average molecular weight is 272 g/mol. The van der Waals surface area contributed by atoms with Gasteiger partial charge in [-0.25, -0.2) is 9.97 Å². The fraction of sp³-hybridized carbons (Fsp3) is 0.286. The van der Waals surface area contributed by atoms with Crippen LogP contribution in [0.3, 0.4) is 0 Å². The largest absolute Gasteiger partial charge is 0.356 e. The van der Waals surface area contributed by atoms with E-state index in [0.717, 1.165) is 16.5 Å². The molecular formula is C14H16N4S. The number of nitrogens with zero attached hydrogens (tertiary/aromatic N) is 3. The van der Waals surface area contributed by atoms with E-state index >= 15 is 0 Å². The summed E-state index contributed by atoms with van der Waals surface area (Å²) in [6.45, 7) is 5.06. The van der Waals surface area contributed by atoms with E-state index in [1.807, 2.05) is 41.2 Å². The Balaban J connectivity index is 1.71. The van der Waals surface area contributed by atoms with Crippen LogP contribution < -0.4 is 5.32 Å². The highest BCUT2D eigenvalue weighted by Crippen LogP contribution is 2.25. The zero-order valence-electron chi connectivity index (χ0n) is 11.0. The molecule has 5 heteroatoms. The van der Waals surface area contributed by atoms with Gasteiger partial charge in [-0.15, -0.1) is 11.3 Å². The van der Waals surface area contributed by atoms with Crippen molar-refractivity contribution in [2.24, 2.45) is 0 Å². The van der Waals surface area contributed by atoms with Gasteiger partial charge in [-0.3, -0.25) is 0 Å². The molecule has 3 aromatic heterocycles. The molecule has 0 saturated carbocycles. The molecule has 4 nitrogen and oxygen atoms in total. The van der Waals surface area contributed by atoms with Gasteiger partial charge in [-0.1, -0.05) is 19.9 Å². The van der Waals surface area contributed by atoms with E-state index < -0.39 is 0 Å². The Labute approximate surface area is 116 Å². The summed E-state index contributed by atoms with van der Waals surface area (Å²) in [4.78, 5) is 10.2. The lowest BCUT2D eigenvalue weighted by Gasteiger charge is -1.99. The summed E-state index contributed by atoms with van der Waals surface area (Å²) in [5, 5.41) is 4.29. The Morgan fingerprint density at radius 2 is 2.26 bits per heavy atom. The first-order chi connectivity index (χ1) is 9.22. The van der Waals surface area contributed by atoms with Crippen molar-refractivity contribution in [3.63, 3.8) is 0 Å². The average Bonchev–Trinajstić information content (AvgIpc) is 3.02. The quantitative estimate of drug-likeness (QED) is 0.790. The number of anilines is 1. The maximum absolute atomic E-state index is 4.55. The molecular weight excluding hydrogens is 256 g/mol. The third kappa shape index (κ3) is 2.61. The molecule has 3 heterocycles. The summed E-state index contributed by atoms with van der Waals surface area (Å²) in [6.07, 6.45) is 5.99. The molecule has 19 heavy (non-hydrogen) atoms. The normalized spacial score (nSPS) is 11.3. The molecule has 0 aliphatic heterocycles. The first-order valence-electron chi connectivity index (χ1n) is 6.34.